The molecule has 0 amide bonds. The van der Waals surface area contributed by atoms with Crippen LogP contribution in [0.2, 0.25) is 0 Å². The summed E-state index contributed by atoms with van der Waals surface area (Å²) >= 11 is 6.61. The van der Waals surface area contributed by atoms with E-state index in [0.717, 1.165) is 11.1 Å². The molecule has 2 aromatic carbocycles. The fourth-order valence-electron chi connectivity index (χ4n) is 2.47. The Labute approximate surface area is 169 Å². The highest BCUT2D eigenvalue weighted by Gasteiger charge is 2.09. The maximum atomic E-state index is 12.0. The summed E-state index contributed by atoms with van der Waals surface area (Å²) in [5.41, 5.74) is 1.74. The van der Waals surface area contributed by atoms with Crippen LogP contribution in [0.5, 0.6) is 5.75 Å². The fourth-order valence-corrected chi connectivity index (χ4v) is 3.25. The summed E-state index contributed by atoms with van der Waals surface area (Å²) in [6.07, 6.45) is 1.67. The number of carbonyl (C=O) groups is 1. The first-order chi connectivity index (χ1) is 13.7. The van der Waals surface area contributed by atoms with E-state index in [4.69, 9.17) is 17.0 Å². The van der Waals surface area contributed by atoms with Gasteiger partial charge in [-0.1, -0.05) is 36.4 Å². The van der Waals surface area contributed by atoms with Gasteiger partial charge in [0.15, 0.2) is 5.82 Å². The predicted octanol–water partition coefficient (Wildman–Crippen LogP) is 4.77. The minimum atomic E-state index is -0.367. The van der Waals surface area contributed by atoms with Crippen LogP contribution in [0.1, 0.15) is 15.2 Å². The number of carbonyl (C=O) groups excluding carboxylic acids is 1. The molecule has 2 heterocycles. The number of esters is 1. The summed E-state index contributed by atoms with van der Waals surface area (Å²) in [5, 5.41) is 13.3. The Bertz CT molecular complexity index is 1160. The Hall–Kier alpha value is -3.36. The van der Waals surface area contributed by atoms with E-state index in [-0.39, 0.29) is 5.97 Å². The molecule has 2 aromatic heterocycles. The van der Waals surface area contributed by atoms with E-state index in [1.165, 1.54) is 11.3 Å². The average molecular weight is 406 g/mol. The van der Waals surface area contributed by atoms with Gasteiger partial charge in [0.05, 0.1) is 6.21 Å². The predicted molar refractivity (Wildman–Crippen MR) is 112 cm³/mol. The third-order valence-corrected chi connectivity index (χ3v) is 4.93. The fraction of sp³-hybridized carbons (Fsp3) is 0. The summed E-state index contributed by atoms with van der Waals surface area (Å²) < 4.78 is 7.31. The van der Waals surface area contributed by atoms with Crippen LogP contribution in [0.25, 0.3) is 11.4 Å². The van der Waals surface area contributed by atoms with E-state index in [0.29, 0.717) is 21.2 Å². The lowest BCUT2D eigenvalue weighted by Gasteiger charge is -2.03. The zero-order chi connectivity index (χ0) is 19.3. The molecule has 28 heavy (non-hydrogen) atoms. The van der Waals surface area contributed by atoms with E-state index in [1.54, 1.807) is 29.1 Å². The Morgan fingerprint density at radius 1 is 1.11 bits per heavy atom. The molecular formula is C20H14N4O2S2. The van der Waals surface area contributed by atoms with Gasteiger partial charge in [-0.2, -0.15) is 14.9 Å². The first-order valence-corrected chi connectivity index (χ1v) is 9.62. The first kappa shape index (κ1) is 18.0. The molecule has 6 nitrogen and oxygen atoms in total. The summed E-state index contributed by atoms with van der Waals surface area (Å²) in [7, 11) is 0. The molecule has 0 saturated carbocycles. The van der Waals surface area contributed by atoms with Crippen LogP contribution in [-0.2, 0) is 0 Å². The molecular weight excluding hydrogens is 392 g/mol. The van der Waals surface area contributed by atoms with Crippen molar-refractivity contribution < 1.29 is 9.53 Å². The molecule has 0 aliphatic carbocycles. The molecule has 0 fully saturated rings. The molecule has 138 valence electrons. The summed E-state index contributed by atoms with van der Waals surface area (Å²) in [6.45, 7) is 0. The number of benzene rings is 2. The lowest BCUT2D eigenvalue weighted by molar-refractivity contribution is 0.0740. The molecule has 4 rings (SSSR count). The second-order valence-electron chi connectivity index (χ2n) is 5.71. The van der Waals surface area contributed by atoms with Crippen molar-refractivity contribution in [3.05, 3.63) is 87.3 Å². The van der Waals surface area contributed by atoms with E-state index >= 15 is 0 Å². The van der Waals surface area contributed by atoms with Gasteiger partial charge in [0.1, 0.15) is 10.6 Å². The van der Waals surface area contributed by atoms with Crippen molar-refractivity contribution >= 4 is 35.7 Å². The smallest absolute Gasteiger partial charge is 0.353 e. The number of H-pyrrole nitrogens is 1. The second-order valence-corrected chi connectivity index (χ2v) is 7.05. The van der Waals surface area contributed by atoms with E-state index in [2.05, 4.69) is 15.3 Å². The SMILES string of the molecule is O=C(Oc1ccc(/C=N\n2c(-c3ccccc3)n[nH]c2=S)cc1)c1cccs1. The number of aromatic amines is 1. The summed E-state index contributed by atoms with van der Waals surface area (Å²) in [6, 6.07) is 20.3. The largest absolute Gasteiger partial charge is 0.422 e. The number of hydrogen-bond acceptors (Lipinski definition) is 6. The number of thiophene rings is 1. The van der Waals surface area contributed by atoms with Crippen molar-refractivity contribution in [3.63, 3.8) is 0 Å². The van der Waals surface area contributed by atoms with Crippen LogP contribution >= 0.6 is 23.6 Å². The van der Waals surface area contributed by atoms with Gasteiger partial charge in [0.2, 0.25) is 4.77 Å². The molecule has 1 N–H and O–H groups in total. The molecule has 0 unspecified atom stereocenters. The highest BCUT2D eigenvalue weighted by molar-refractivity contribution is 7.71. The Morgan fingerprint density at radius 2 is 1.89 bits per heavy atom. The van der Waals surface area contributed by atoms with E-state index in [9.17, 15) is 4.79 Å². The van der Waals surface area contributed by atoms with Gasteiger partial charge >= 0.3 is 5.97 Å². The summed E-state index contributed by atoms with van der Waals surface area (Å²) in [4.78, 5) is 12.6. The monoisotopic (exact) mass is 406 g/mol. The molecule has 0 aliphatic heterocycles. The number of rotatable bonds is 5. The average Bonchev–Trinajstić information content (AvgIpc) is 3.38. The molecule has 0 saturated heterocycles. The van der Waals surface area contributed by atoms with Crippen molar-refractivity contribution in [2.75, 3.05) is 0 Å². The third kappa shape index (κ3) is 3.98. The minimum absolute atomic E-state index is 0.367. The molecule has 0 atom stereocenters. The lowest BCUT2D eigenvalue weighted by atomic mass is 10.2. The normalized spacial score (nSPS) is 11.0. The lowest BCUT2D eigenvalue weighted by Crippen LogP contribution is -2.06. The zero-order valence-corrected chi connectivity index (χ0v) is 16.1. The van der Waals surface area contributed by atoms with Gasteiger partial charge in [0, 0.05) is 5.56 Å². The van der Waals surface area contributed by atoms with Crippen molar-refractivity contribution in [1.29, 1.82) is 0 Å². The number of aromatic nitrogens is 3. The quantitative estimate of drug-likeness (QED) is 0.224. The number of nitrogens with zero attached hydrogens (tertiary/aromatic N) is 3. The topological polar surface area (TPSA) is 72.3 Å². The Balaban J connectivity index is 1.51. The van der Waals surface area contributed by atoms with Crippen LogP contribution in [0, 0.1) is 4.77 Å². The molecule has 0 bridgehead atoms. The molecule has 0 aliphatic rings. The molecule has 0 radical (unpaired) electrons. The maximum absolute atomic E-state index is 12.0. The van der Waals surface area contributed by atoms with E-state index in [1.807, 2.05) is 53.9 Å². The third-order valence-electron chi connectivity index (χ3n) is 3.82. The van der Waals surface area contributed by atoms with Gasteiger partial charge in [-0.15, -0.1) is 11.3 Å². The summed E-state index contributed by atoms with van der Waals surface area (Å²) in [5.74, 6) is 0.734. The van der Waals surface area contributed by atoms with Gasteiger partial charge in [0.25, 0.3) is 0 Å². The number of hydrogen-bond donors (Lipinski definition) is 1. The standard InChI is InChI=1S/C20H14N4O2S2/c25-19(17-7-4-12-28-17)26-16-10-8-14(9-11-16)13-21-24-18(22-23-20(24)27)15-5-2-1-3-6-15/h1-13H,(H,23,27)/b21-13-. The maximum Gasteiger partial charge on any atom is 0.353 e. The molecule has 4 aromatic rings. The first-order valence-electron chi connectivity index (χ1n) is 8.34. The van der Waals surface area contributed by atoms with Crippen molar-refractivity contribution in [3.8, 4) is 17.1 Å². The van der Waals surface area contributed by atoms with Crippen LogP contribution < -0.4 is 4.74 Å². The number of nitrogens with one attached hydrogen (secondary N) is 1. The van der Waals surface area contributed by atoms with Gasteiger partial charge in [-0.05, 0) is 53.5 Å². The minimum Gasteiger partial charge on any atom is -0.422 e. The van der Waals surface area contributed by atoms with Gasteiger partial charge < -0.3 is 4.74 Å². The van der Waals surface area contributed by atoms with Gasteiger partial charge in [-0.25, -0.2) is 9.89 Å². The highest BCUT2D eigenvalue weighted by atomic mass is 32.1. The highest BCUT2D eigenvalue weighted by Crippen LogP contribution is 2.18. The zero-order valence-electron chi connectivity index (χ0n) is 14.5. The number of ether oxygens (including phenoxy) is 1. The van der Waals surface area contributed by atoms with E-state index < -0.39 is 0 Å². The van der Waals surface area contributed by atoms with Gasteiger partial charge in [-0.3, -0.25) is 0 Å². The Morgan fingerprint density at radius 3 is 2.61 bits per heavy atom. The molecule has 8 heteroatoms. The van der Waals surface area contributed by atoms with Crippen molar-refractivity contribution in [1.82, 2.24) is 14.9 Å². The van der Waals surface area contributed by atoms with Crippen LogP contribution in [0.4, 0.5) is 0 Å². The molecule has 0 spiro atoms. The van der Waals surface area contributed by atoms with Crippen LogP contribution in [0.3, 0.4) is 0 Å². The van der Waals surface area contributed by atoms with Crippen molar-refractivity contribution in [2.24, 2.45) is 5.10 Å². The van der Waals surface area contributed by atoms with Crippen LogP contribution in [-0.4, -0.2) is 27.1 Å². The van der Waals surface area contributed by atoms with Crippen molar-refractivity contribution in [2.45, 2.75) is 0 Å². The van der Waals surface area contributed by atoms with Crippen LogP contribution in [0.15, 0.2) is 77.2 Å². The Kier molecular flexibility index (Phi) is 5.22. The second kappa shape index (κ2) is 8.12.